The first-order valence-electron chi connectivity index (χ1n) is 5.73. The van der Waals surface area contributed by atoms with Crippen LogP contribution in [0.5, 0.6) is 0 Å². The maximum Gasteiger partial charge on any atom is 0.0564 e. The third-order valence-electron chi connectivity index (χ3n) is 2.92. The second kappa shape index (κ2) is 7.27. The SMILES string of the molecule is CSC(CO)C(C)NC(C)c1ccc(Cl)cc1. The number of halogens is 1. The van der Waals surface area contributed by atoms with Gasteiger partial charge in [0.25, 0.3) is 0 Å². The lowest BCUT2D eigenvalue weighted by Gasteiger charge is -2.25. The van der Waals surface area contributed by atoms with Crippen molar-refractivity contribution in [3.05, 3.63) is 34.9 Å². The van der Waals surface area contributed by atoms with E-state index >= 15 is 0 Å². The van der Waals surface area contributed by atoms with Crippen LogP contribution in [0.2, 0.25) is 5.02 Å². The number of hydrogen-bond acceptors (Lipinski definition) is 3. The Morgan fingerprint density at radius 1 is 1.29 bits per heavy atom. The predicted octanol–water partition coefficient (Wildman–Crippen LogP) is 3.10. The van der Waals surface area contributed by atoms with Gasteiger partial charge in [0.05, 0.1) is 6.61 Å². The molecule has 96 valence electrons. The normalized spacial score (nSPS) is 16.5. The largest absolute Gasteiger partial charge is 0.395 e. The molecule has 0 aliphatic rings. The van der Waals surface area contributed by atoms with Gasteiger partial charge in [0.15, 0.2) is 0 Å². The summed E-state index contributed by atoms with van der Waals surface area (Å²) in [6.45, 7) is 4.42. The molecule has 1 rings (SSSR count). The third kappa shape index (κ3) is 4.51. The minimum absolute atomic E-state index is 0.197. The van der Waals surface area contributed by atoms with Crippen molar-refractivity contribution in [1.29, 1.82) is 0 Å². The van der Waals surface area contributed by atoms with Gasteiger partial charge in [-0.05, 0) is 37.8 Å². The Bertz CT molecular complexity index is 327. The lowest BCUT2D eigenvalue weighted by molar-refractivity contribution is 0.272. The number of aliphatic hydroxyl groups is 1. The number of benzene rings is 1. The number of rotatable bonds is 6. The van der Waals surface area contributed by atoms with Gasteiger partial charge in [-0.25, -0.2) is 0 Å². The van der Waals surface area contributed by atoms with Crippen molar-refractivity contribution in [2.45, 2.75) is 31.2 Å². The highest BCUT2D eigenvalue weighted by Crippen LogP contribution is 2.19. The quantitative estimate of drug-likeness (QED) is 0.835. The van der Waals surface area contributed by atoms with Crippen LogP contribution in [0.15, 0.2) is 24.3 Å². The highest BCUT2D eigenvalue weighted by atomic mass is 35.5. The van der Waals surface area contributed by atoms with Crippen molar-refractivity contribution in [2.75, 3.05) is 12.9 Å². The van der Waals surface area contributed by atoms with Gasteiger partial charge in [-0.15, -0.1) is 0 Å². The van der Waals surface area contributed by atoms with Crippen molar-refractivity contribution in [3.8, 4) is 0 Å². The summed E-state index contributed by atoms with van der Waals surface area (Å²) in [5.74, 6) is 0. The van der Waals surface area contributed by atoms with Crippen LogP contribution < -0.4 is 5.32 Å². The molecule has 0 saturated carbocycles. The van der Waals surface area contributed by atoms with Crippen molar-refractivity contribution in [2.24, 2.45) is 0 Å². The number of hydrogen-bond donors (Lipinski definition) is 2. The van der Waals surface area contributed by atoms with Crippen LogP contribution in [0.4, 0.5) is 0 Å². The van der Waals surface area contributed by atoms with Gasteiger partial charge in [0.1, 0.15) is 0 Å². The van der Waals surface area contributed by atoms with E-state index in [9.17, 15) is 5.11 Å². The summed E-state index contributed by atoms with van der Waals surface area (Å²) in [6.07, 6.45) is 2.02. The Hall–Kier alpha value is -0.220. The third-order valence-corrected chi connectivity index (χ3v) is 4.34. The first kappa shape index (κ1) is 14.8. The van der Waals surface area contributed by atoms with Crippen LogP contribution in [-0.4, -0.2) is 29.3 Å². The Morgan fingerprint density at radius 3 is 2.35 bits per heavy atom. The van der Waals surface area contributed by atoms with Gasteiger partial charge < -0.3 is 10.4 Å². The molecular weight excluding hydrogens is 254 g/mol. The molecule has 3 atom stereocenters. The van der Waals surface area contributed by atoms with Crippen LogP contribution in [0.3, 0.4) is 0 Å². The van der Waals surface area contributed by atoms with E-state index in [4.69, 9.17) is 11.6 Å². The fourth-order valence-corrected chi connectivity index (χ4v) is 2.55. The van der Waals surface area contributed by atoms with Crippen molar-refractivity contribution < 1.29 is 5.11 Å². The maximum absolute atomic E-state index is 9.24. The molecule has 0 aliphatic carbocycles. The molecule has 1 aromatic carbocycles. The molecule has 1 aromatic rings. The number of aliphatic hydroxyl groups excluding tert-OH is 1. The summed E-state index contributed by atoms with van der Waals surface area (Å²) in [4.78, 5) is 0. The zero-order valence-electron chi connectivity index (χ0n) is 10.5. The van der Waals surface area contributed by atoms with Crippen LogP contribution in [0.1, 0.15) is 25.5 Å². The van der Waals surface area contributed by atoms with Crippen molar-refractivity contribution >= 4 is 23.4 Å². The molecule has 2 N–H and O–H groups in total. The molecular formula is C13H20ClNOS. The van der Waals surface area contributed by atoms with Crippen molar-refractivity contribution in [3.63, 3.8) is 0 Å². The van der Waals surface area contributed by atoms with Gasteiger partial charge in [0, 0.05) is 22.4 Å². The number of thioether (sulfide) groups is 1. The van der Waals surface area contributed by atoms with Crippen LogP contribution >= 0.6 is 23.4 Å². The molecule has 0 bridgehead atoms. The highest BCUT2D eigenvalue weighted by molar-refractivity contribution is 7.99. The minimum Gasteiger partial charge on any atom is -0.395 e. The first-order chi connectivity index (χ1) is 8.08. The second-order valence-corrected chi connectivity index (χ2v) is 5.70. The lowest BCUT2D eigenvalue weighted by Crippen LogP contribution is -2.38. The topological polar surface area (TPSA) is 32.3 Å². The molecule has 0 heterocycles. The van der Waals surface area contributed by atoms with Crippen LogP contribution in [0.25, 0.3) is 0 Å². The monoisotopic (exact) mass is 273 g/mol. The molecule has 4 heteroatoms. The molecule has 3 unspecified atom stereocenters. The molecule has 0 fully saturated rings. The Morgan fingerprint density at radius 2 is 1.88 bits per heavy atom. The summed E-state index contributed by atoms with van der Waals surface area (Å²) >= 11 is 7.54. The fourth-order valence-electron chi connectivity index (χ4n) is 1.79. The van der Waals surface area contributed by atoms with Crippen LogP contribution in [0, 0.1) is 0 Å². The van der Waals surface area contributed by atoms with Gasteiger partial charge in [-0.1, -0.05) is 23.7 Å². The highest BCUT2D eigenvalue weighted by Gasteiger charge is 2.17. The Kier molecular flexibility index (Phi) is 6.34. The van der Waals surface area contributed by atoms with Crippen molar-refractivity contribution in [1.82, 2.24) is 5.32 Å². The predicted molar refractivity (Wildman–Crippen MR) is 76.9 cm³/mol. The van der Waals surface area contributed by atoms with Gasteiger partial charge >= 0.3 is 0 Å². The van der Waals surface area contributed by atoms with Gasteiger partial charge in [0.2, 0.25) is 0 Å². The average molecular weight is 274 g/mol. The molecule has 0 spiro atoms. The van der Waals surface area contributed by atoms with Crippen LogP contribution in [-0.2, 0) is 0 Å². The fraction of sp³-hybridized carbons (Fsp3) is 0.538. The minimum atomic E-state index is 0.197. The number of nitrogens with one attached hydrogen (secondary N) is 1. The molecule has 0 aliphatic heterocycles. The molecule has 17 heavy (non-hydrogen) atoms. The first-order valence-corrected chi connectivity index (χ1v) is 7.40. The van der Waals surface area contributed by atoms with E-state index in [-0.39, 0.29) is 23.9 Å². The van der Waals surface area contributed by atoms with E-state index in [0.29, 0.717) is 0 Å². The second-order valence-electron chi connectivity index (χ2n) is 4.19. The molecule has 2 nitrogen and oxygen atoms in total. The van der Waals surface area contributed by atoms with E-state index in [1.807, 2.05) is 30.5 Å². The summed E-state index contributed by atoms with van der Waals surface area (Å²) in [6, 6.07) is 8.37. The zero-order valence-corrected chi connectivity index (χ0v) is 12.1. The maximum atomic E-state index is 9.24. The smallest absolute Gasteiger partial charge is 0.0564 e. The van der Waals surface area contributed by atoms with E-state index in [1.54, 1.807) is 11.8 Å². The molecule has 0 amide bonds. The Labute approximate surface area is 113 Å². The van der Waals surface area contributed by atoms with E-state index in [0.717, 1.165) is 5.02 Å². The summed E-state index contributed by atoms with van der Waals surface area (Å²) in [7, 11) is 0. The lowest BCUT2D eigenvalue weighted by atomic mass is 10.1. The molecule has 0 aromatic heterocycles. The summed E-state index contributed by atoms with van der Waals surface area (Å²) < 4.78 is 0. The van der Waals surface area contributed by atoms with E-state index < -0.39 is 0 Å². The Balaban J connectivity index is 2.59. The van der Waals surface area contributed by atoms with E-state index in [1.165, 1.54) is 5.56 Å². The van der Waals surface area contributed by atoms with Gasteiger partial charge in [-0.3, -0.25) is 0 Å². The zero-order chi connectivity index (χ0) is 12.8. The van der Waals surface area contributed by atoms with Gasteiger partial charge in [-0.2, -0.15) is 11.8 Å². The summed E-state index contributed by atoms with van der Waals surface area (Å²) in [5, 5.41) is 13.7. The summed E-state index contributed by atoms with van der Waals surface area (Å²) in [5.41, 5.74) is 1.21. The molecule has 0 saturated heterocycles. The van der Waals surface area contributed by atoms with E-state index in [2.05, 4.69) is 19.2 Å². The average Bonchev–Trinajstić information content (AvgIpc) is 2.31. The standard InChI is InChI=1S/C13H20ClNOS/c1-9(11-4-6-12(14)7-5-11)15-10(2)13(8-16)17-3/h4-7,9-10,13,15-16H,8H2,1-3H3. The molecule has 0 radical (unpaired) electrons.